The van der Waals surface area contributed by atoms with E-state index in [0.717, 1.165) is 6.42 Å². The van der Waals surface area contributed by atoms with Gasteiger partial charge in [-0.05, 0) is 54.4 Å². The fraction of sp³-hybridized carbons (Fsp3) is 0.680. The standard InChI is InChI=1S/C25H40/c1-3-5-7-9-11-13-17-22-21-23-18-15-16-20-25(23)24(22)19-14-12-10-8-6-4-2/h16,18,20-21H,3-15,17,19H2,1-2H3. The zero-order valence-electron chi connectivity index (χ0n) is 16.9. The van der Waals surface area contributed by atoms with Crippen LogP contribution in [0, 0.1) is 0 Å². The minimum Gasteiger partial charge on any atom is -0.0801 e. The minimum atomic E-state index is 1.12. The fourth-order valence-corrected chi connectivity index (χ4v) is 4.14. The Balaban J connectivity index is 1.80. The van der Waals surface area contributed by atoms with Gasteiger partial charge in [-0.2, -0.15) is 0 Å². The van der Waals surface area contributed by atoms with Gasteiger partial charge in [0.15, 0.2) is 0 Å². The van der Waals surface area contributed by atoms with Gasteiger partial charge in [-0.15, -0.1) is 0 Å². The number of hydrogen-bond donors (Lipinski definition) is 0. The lowest BCUT2D eigenvalue weighted by atomic mass is 9.93. The second kappa shape index (κ2) is 12.3. The second-order valence-electron chi connectivity index (χ2n) is 7.89. The van der Waals surface area contributed by atoms with Crippen LogP contribution in [0.25, 0.3) is 0 Å². The highest BCUT2D eigenvalue weighted by molar-refractivity contribution is 5.63. The Morgan fingerprint density at radius 1 is 0.720 bits per heavy atom. The zero-order chi connectivity index (χ0) is 17.7. The van der Waals surface area contributed by atoms with Crippen molar-refractivity contribution in [3.05, 3.63) is 46.6 Å². The van der Waals surface area contributed by atoms with E-state index < -0.39 is 0 Å². The van der Waals surface area contributed by atoms with Gasteiger partial charge in [-0.25, -0.2) is 0 Å². The monoisotopic (exact) mass is 340 g/mol. The lowest BCUT2D eigenvalue weighted by molar-refractivity contribution is 0.598. The molecule has 0 amide bonds. The molecule has 0 unspecified atom stereocenters. The summed E-state index contributed by atoms with van der Waals surface area (Å²) in [5.74, 6) is 0. The molecule has 0 aromatic rings. The summed E-state index contributed by atoms with van der Waals surface area (Å²) in [6, 6.07) is 0. The molecule has 0 heteroatoms. The van der Waals surface area contributed by atoms with Gasteiger partial charge in [0.1, 0.15) is 0 Å². The largest absolute Gasteiger partial charge is 0.0801 e. The molecule has 0 aromatic carbocycles. The van der Waals surface area contributed by atoms with Crippen LogP contribution in [0.4, 0.5) is 0 Å². The van der Waals surface area contributed by atoms with Crippen molar-refractivity contribution < 1.29 is 0 Å². The fourth-order valence-electron chi connectivity index (χ4n) is 4.14. The normalized spacial score (nSPS) is 16.2. The first-order valence-corrected chi connectivity index (χ1v) is 11.2. The SMILES string of the molecule is CCCCCCCCC1=CC2=CCC=CC2=C1CCCCCCCC. The summed E-state index contributed by atoms with van der Waals surface area (Å²) in [4.78, 5) is 0. The van der Waals surface area contributed by atoms with Crippen molar-refractivity contribution in [2.24, 2.45) is 0 Å². The van der Waals surface area contributed by atoms with E-state index in [2.05, 4.69) is 38.2 Å². The van der Waals surface area contributed by atoms with Crippen LogP contribution in [0.2, 0.25) is 0 Å². The van der Waals surface area contributed by atoms with E-state index in [4.69, 9.17) is 0 Å². The summed E-state index contributed by atoms with van der Waals surface area (Å²) in [6.07, 6.45) is 30.1. The van der Waals surface area contributed by atoms with Crippen LogP contribution in [-0.2, 0) is 0 Å². The predicted molar refractivity (Wildman–Crippen MR) is 113 cm³/mol. The summed E-state index contributed by atoms with van der Waals surface area (Å²) in [5.41, 5.74) is 6.42. The van der Waals surface area contributed by atoms with Crippen LogP contribution in [-0.4, -0.2) is 0 Å². The van der Waals surface area contributed by atoms with E-state index in [0.29, 0.717) is 0 Å². The summed E-state index contributed by atoms with van der Waals surface area (Å²) < 4.78 is 0. The maximum absolute atomic E-state index is 2.51. The van der Waals surface area contributed by atoms with E-state index in [1.165, 1.54) is 95.5 Å². The summed E-state index contributed by atoms with van der Waals surface area (Å²) >= 11 is 0. The molecule has 0 saturated heterocycles. The maximum Gasteiger partial charge on any atom is -0.0155 e. The molecule has 0 saturated carbocycles. The number of unbranched alkanes of at least 4 members (excludes halogenated alkanes) is 10. The Morgan fingerprint density at radius 2 is 1.32 bits per heavy atom. The van der Waals surface area contributed by atoms with Gasteiger partial charge in [0.2, 0.25) is 0 Å². The van der Waals surface area contributed by atoms with E-state index in [1.54, 1.807) is 16.7 Å². The molecule has 0 aliphatic heterocycles. The van der Waals surface area contributed by atoms with Gasteiger partial charge in [0, 0.05) is 0 Å². The first-order chi connectivity index (χ1) is 12.4. The van der Waals surface area contributed by atoms with Gasteiger partial charge in [0.25, 0.3) is 0 Å². The molecule has 0 bridgehead atoms. The Bertz CT molecular complexity index is 498. The summed E-state index contributed by atoms with van der Waals surface area (Å²) in [7, 11) is 0. The van der Waals surface area contributed by atoms with Gasteiger partial charge in [-0.1, -0.05) is 102 Å². The van der Waals surface area contributed by atoms with Crippen LogP contribution in [0.15, 0.2) is 46.6 Å². The van der Waals surface area contributed by atoms with Crippen LogP contribution in [0.1, 0.15) is 110 Å². The zero-order valence-corrected chi connectivity index (χ0v) is 16.9. The number of allylic oxidation sites excluding steroid dienone is 8. The third-order valence-electron chi connectivity index (χ3n) is 5.69. The molecular weight excluding hydrogens is 300 g/mol. The van der Waals surface area contributed by atoms with E-state index in [-0.39, 0.29) is 0 Å². The molecule has 25 heavy (non-hydrogen) atoms. The lowest BCUT2D eigenvalue weighted by Gasteiger charge is -2.12. The van der Waals surface area contributed by atoms with Gasteiger partial charge >= 0.3 is 0 Å². The van der Waals surface area contributed by atoms with Gasteiger partial charge in [-0.3, -0.25) is 0 Å². The first-order valence-electron chi connectivity index (χ1n) is 11.2. The molecule has 0 fully saturated rings. The van der Waals surface area contributed by atoms with E-state index in [1.807, 2.05) is 0 Å². The molecule has 0 aromatic heterocycles. The van der Waals surface area contributed by atoms with Crippen molar-refractivity contribution in [3.63, 3.8) is 0 Å². The molecule has 2 aliphatic carbocycles. The number of fused-ring (bicyclic) bond motifs is 1. The van der Waals surface area contributed by atoms with Crippen LogP contribution in [0.3, 0.4) is 0 Å². The highest BCUT2D eigenvalue weighted by atomic mass is 14.2. The van der Waals surface area contributed by atoms with Crippen LogP contribution < -0.4 is 0 Å². The number of rotatable bonds is 14. The number of hydrogen-bond acceptors (Lipinski definition) is 0. The quantitative estimate of drug-likeness (QED) is 0.278. The smallest absolute Gasteiger partial charge is 0.0155 e. The van der Waals surface area contributed by atoms with E-state index >= 15 is 0 Å². The van der Waals surface area contributed by atoms with Crippen molar-refractivity contribution in [1.29, 1.82) is 0 Å². The van der Waals surface area contributed by atoms with Crippen LogP contribution >= 0.6 is 0 Å². The molecule has 0 atom stereocenters. The second-order valence-corrected chi connectivity index (χ2v) is 7.89. The molecule has 2 rings (SSSR count). The van der Waals surface area contributed by atoms with Gasteiger partial charge < -0.3 is 0 Å². The molecular formula is C25H40. The van der Waals surface area contributed by atoms with Crippen molar-refractivity contribution in [2.75, 3.05) is 0 Å². The average Bonchev–Trinajstić information content (AvgIpc) is 2.98. The van der Waals surface area contributed by atoms with Gasteiger partial charge in [0.05, 0.1) is 0 Å². The lowest BCUT2D eigenvalue weighted by Crippen LogP contribution is -1.93. The molecule has 2 aliphatic rings. The molecule has 140 valence electrons. The van der Waals surface area contributed by atoms with Crippen molar-refractivity contribution in [3.8, 4) is 0 Å². The van der Waals surface area contributed by atoms with Crippen molar-refractivity contribution >= 4 is 0 Å². The van der Waals surface area contributed by atoms with Crippen LogP contribution in [0.5, 0.6) is 0 Å². The molecule has 0 N–H and O–H groups in total. The Labute approximate surface area is 157 Å². The minimum absolute atomic E-state index is 1.12. The summed E-state index contributed by atoms with van der Waals surface area (Å²) in [6.45, 7) is 4.60. The average molecular weight is 341 g/mol. The van der Waals surface area contributed by atoms with Crippen molar-refractivity contribution in [2.45, 2.75) is 110 Å². The first kappa shape index (κ1) is 20.3. The molecule has 0 spiro atoms. The van der Waals surface area contributed by atoms with Crippen molar-refractivity contribution in [1.82, 2.24) is 0 Å². The third-order valence-corrected chi connectivity index (χ3v) is 5.69. The Kier molecular flexibility index (Phi) is 10.0. The highest BCUT2D eigenvalue weighted by Gasteiger charge is 2.20. The maximum atomic E-state index is 2.51. The van der Waals surface area contributed by atoms with E-state index in [9.17, 15) is 0 Å². The highest BCUT2D eigenvalue weighted by Crippen LogP contribution is 2.39. The Hall–Kier alpha value is -1.04. The molecule has 0 heterocycles. The molecule has 0 nitrogen and oxygen atoms in total. The molecule has 0 radical (unpaired) electrons. The predicted octanol–water partition coefficient (Wildman–Crippen LogP) is 8.61. The summed E-state index contributed by atoms with van der Waals surface area (Å²) in [5, 5.41) is 0. The Morgan fingerprint density at radius 3 is 2.00 bits per heavy atom. The topological polar surface area (TPSA) is 0 Å². The third kappa shape index (κ3) is 7.00.